The number of anilines is 2. The van der Waals surface area contributed by atoms with Gasteiger partial charge in [0.05, 0.1) is 17.6 Å². The maximum Gasteiger partial charge on any atom is 0.408 e. The zero-order valence-corrected chi connectivity index (χ0v) is 13.7. The van der Waals surface area contributed by atoms with Crippen molar-refractivity contribution in [2.24, 2.45) is 5.10 Å². The Morgan fingerprint density at radius 1 is 1.26 bits per heavy atom. The van der Waals surface area contributed by atoms with Crippen LogP contribution in [0.1, 0.15) is 6.42 Å². The van der Waals surface area contributed by atoms with Gasteiger partial charge in [0.25, 0.3) is 5.91 Å². The number of alkyl halides is 3. The molecule has 2 aromatic rings. The van der Waals surface area contributed by atoms with E-state index in [1.165, 1.54) is 5.01 Å². The number of rotatable bonds is 5. The molecule has 0 saturated heterocycles. The number of aromatic nitrogens is 2. The lowest BCUT2D eigenvalue weighted by Crippen LogP contribution is -2.34. The number of carbonyl (C=O) groups excluding carboxylic acids is 1. The van der Waals surface area contributed by atoms with E-state index in [1.54, 1.807) is 30.3 Å². The number of hydrogen-bond donors (Lipinski definition) is 2. The molecule has 8 nitrogen and oxygen atoms in total. The van der Waals surface area contributed by atoms with Crippen LogP contribution in [0.4, 0.5) is 24.5 Å². The Morgan fingerprint density at radius 2 is 1.96 bits per heavy atom. The van der Waals surface area contributed by atoms with Gasteiger partial charge >= 0.3 is 12.1 Å². The quantitative estimate of drug-likeness (QED) is 0.826. The minimum absolute atomic E-state index is 0.0465. The third-order valence-corrected chi connectivity index (χ3v) is 3.71. The van der Waals surface area contributed by atoms with Gasteiger partial charge in [-0.25, -0.2) is 4.79 Å². The van der Waals surface area contributed by atoms with Crippen molar-refractivity contribution in [3.8, 4) is 0 Å². The average Bonchev–Trinajstić information content (AvgIpc) is 3.21. The summed E-state index contributed by atoms with van der Waals surface area (Å²) in [5.74, 6) is -1.85. The third kappa shape index (κ3) is 4.43. The number of amides is 1. The summed E-state index contributed by atoms with van der Waals surface area (Å²) in [6.07, 6.45) is -2.48. The molecule has 1 aliphatic rings. The van der Waals surface area contributed by atoms with Crippen molar-refractivity contribution in [3.63, 3.8) is 0 Å². The normalized spacial score (nSPS) is 16.9. The number of para-hydroxylation sites is 1. The van der Waals surface area contributed by atoms with Gasteiger partial charge in [-0.2, -0.15) is 23.4 Å². The van der Waals surface area contributed by atoms with Gasteiger partial charge < -0.3 is 10.4 Å². The SMILES string of the molecule is O=C(Nc1cnn(CC(F)(F)F)c1)C1=NN(c2ccccc2)C(C(=O)O)C1. The van der Waals surface area contributed by atoms with Crippen LogP contribution in [0, 0.1) is 0 Å². The van der Waals surface area contributed by atoms with Crippen LogP contribution in [-0.2, 0) is 16.1 Å². The molecule has 1 aliphatic heterocycles. The Balaban J connectivity index is 1.74. The number of hydrazone groups is 1. The lowest BCUT2D eigenvalue weighted by molar-refractivity contribution is -0.142. The van der Waals surface area contributed by atoms with E-state index in [1.807, 2.05) is 0 Å². The standard InChI is InChI=1S/C16H14F3N5O3/c17-16(18,19)9-23-8-10(7-20-23)21-14(25)12-6-13(15(26)27)24(22-12)11-4-2-1-3-5-11/h1-5,7-8,13H,6,9H2,(H,21,25)(H,26,27). The molecule has 1 unspecified atom stereocenters. The minimum atomic E-state index is -4.44. The summed E-state index contributed by atoms with van der Waals surface area (Å²) in [5.41, 5.74) is 0.512. The molecule has 142 valence electrons. The van der Waals surface area contributed by atoms with Crippen LogP contribution >= 0.6 is 0 Å². The summed E-state index contributed by atoms with van der Waals surface area (Å²) in [5, 5.41) is 20.6. The fraction of sp³-hybridized carbons (Fsp3) is 0.250. The van der Waals surface area contributed by atoms with Crippen LogP contribution in [0.5, 0.6) is 0 Å². The molecule has 0 aliphatic carbocycles. The summed E-state index contributed by atoms with van der Waals surface area (Å²) in [4.78, 5) is 23.8. The third-order valence-electron chi connectivity index (χ3n) is 3.71. The molecule has 2 N–H and O–H groups in total. The average molecular weight is 381 g/mol. The summed E-state index contributed by atoms with van der Waals surface area (Å²) >= 11 is 0. The van der Waals surface area contributed by atoms with E-state index >= 15 is 0 Å². The molecule has 11 heteroatoms. The molecule has 3 rings (SSSR count). The number of nitrogens with one attached hydrogen (secondary N) is 1. The van der Waals surface area contributed by atoms with Gasteiger partial charge in [0.1, 0.15) is 12.3 Å². The largest absolute Gasteiger partial charge is 0.480 e. The van der Waals surface area contributed by atoms with E-state index in [9.17, 15) is 27.9 Å². The van der Waals surface area contributed by atoms with E-state index in [-0.39, 0.29) is 17.8 Å². The van der Waals surface area contributed by atoms with Crippen LogP contribution in [0.15, 0.2) is 47.8 Å². The van der Waals surface area contributed by atoms with E-state index in [0.29, 0.717) is 10.4 Å². The Labute approximate surface area is 150 Å². The number of hydrogen-bond acceptors (Lipinski definition) is 5. The first-order chi connectivity index (χ1) is 12.7. The summed E-state index contributed by atoms with van der Waals surface area (Å²) < 4.78 is 37.7. The van der Waals surface area contributed by atoms with Crippen LogP contribution in [0.25, 0.3) is 0 Å². The second kappa shape index (κ2) is 7.09. The molecule has 0 saturated carbocycles. The highest BCUT2D eigenvalue weighted by atomic mass is 19.4. The maximum absolute atomic E-state index is 12.4. The molecule has 2 heterocycles. The van der Waals surface area contributed by atoms with Gasteiger partial charge in [-0.3, -0.25) is 14.5 Å². The van der Waals surface area contributed by atoms with Crippen LogP contribution < -0.4 is 10.3 Å². The molecular formula is C16H14F3N5O3. The van der Waals surface area contributed by atoms with E-state index < -0.39 is 30.6 Å². The van der Waals surface area contributed by atoms with Gasteiger partial charge in [-0.05, 0) is 12.1 Å². The fourth-order valence-corrected chi connectivity index (χ4v) is 2.56. The highest BCUT2D eigenvalue weighted by Crippen LogP contribution is 2.25. The Bertz CT molecular complexity index is 879. The summed E-state index contributed by atoms with van der Waals surface area (Å²) in [7, 11) is 0. The Hall–Kier alpha value is -3.37. The zero-order valence-electron chi connectivity index (χ0n) is 13.7. The first-order valence-electron chi connectivity index (χ1n) is 7.78. The summed E-state index contributed by atoms with van der Waals surface area (Å²) in [6, 6.07) is 7.42. The van der Waals surface area contributed by atoms with E-state index in [0.717, 1.165) is 12.4 Å². The van der Waals surface area contributed by atoms with Crippen molar-refractivity contribution in [3.05, 3.63) is 42.7 Å². The fourth-order valence-electron chi connectivity index (χ4n) is 2.56. The monoisotopic (exact) mass is 381 g/mol. The number of carboxylic acids is 1. The highest BCUT2D eigenvalue weighted by Gasteiger charge is 2.36. The maximum atomic E-state index is 12.4. The smallest absolute Gasteiger partial charge is 0.408 e. The molecule has 1 atom stereocenters. The number of benzene rings is 1. The van der Waals surface area contributed by atoms with Gasteiger partial charge in [0.15, 0.2) is 6.04 Å². The molecule has 1 aromatic heterocycles. The predicted octanol–water partition coefficient (Wildman–Crippen LogP) is 2.10. The Morgan fingerprint density at radius 3 is 2.59 bits per heavy atom. The van der Waals surface area contributed by atoms with Crippen molar-refractivity contribution < 1.29 is 27.9 Å². The van der Waals surface area contributed by atoms with Crippen LogP contribution in [-0.4, -0.2) is 44.7 Å². The first kappa shape index (κ1) is 18.4. The van der Waals surface area contributed by atoms with Gasteiger partial charge in [0.2, 0.25) is 0 Å². The lowest BCUT2D eigenvalue weighted by Gasteiger charge is -2.19. The second-order valence-corrected chi connectivity index (χ2v) is 5.78. The second-order valence-electron chi connectivity index (χ2n) is 5.78. The molecule has 27 heavy (non-hydrogen) atoms. The van der Waals surface area contributed by atoms with Crippen molar-refractivity contribution >= 4 is 29.0 Å². The Kier molecular flexibility index (Phi) is 4.84. The molecular weight excluding hydrogens is 367 g/mol. The van der Waals surface area contributed by atoms with Crippen LogP contribution in [0.2, 0.25) is 0 Å². The molecule has 1 amide bonds. The molecule has 0 bridgehead atoms. The van der Waals surface area contributed by atoms with Crippen molar-refractivity contribution in [2.75, 3.05) is 10.3 Å². The van der Waals surface area contributed by atoms with Crippen molar-refractivity contribution in [1.82, 2.24) is 9.78 Å². The van der Waals surface area contributed by atoms with E-state index in [2.05, 4.69) is 15.5 Å². The van der Waals surface area contributed by atoms with Gasteiger partial charge in [-0.15, -0.1) is 0 Å². The predicted molar refractivity (Wildman–Crippen MR) is 89.3 cm³/mol. The lowest BCUT2D eigenvalue weighted by atomic mass is 10.1. The van der Waals surface area contributed by atoms with Gasteiger partial charge in [0, 0.05) is 12.6 Å². The van der Waals surface area contributed by atoms with Crippen LogP contribution in [0.3, 0.4) is 0 Å². The number of carbonyl (C=O) groups is 2. The number of halogens is 3. The number of aliphatic carboxylic acids is 1. The molecule has 1 aromatic carbocycles. The van der Waals surface area contributed by atoms with Crippen molar-refractivity contribution in [2.45, 2.75) is 25.2 Å². The molecule has 0 spiro atoms. The highest BCUT2D eigenvalue weighted by molar-refractivity contribution is 6.44. The zero-order chi connectivity index (χ0) is 19.6. The summed E-state index contributed by atoms with van der Waals surface area (Å²) in [6.45, 7) is -1.29. The number of carboxylic acid groups (broad SMARTS) is 1. The molecule has 0 radical (unpaired) electrons. The first-order valence-corrected chi connectivity index (χ1v) is 7.78. The topological polar surface area (TPSA) is 99.8 Å². The van der Waals surface area contributed by atoms with Gasteiger partial charge in [-0.1, -0.05) is 18.2 Å². The minimum Gasteiger partial charge on any atom is -0.480 e. The number of nitrogens with zero attached hydrogens (tertiary/aromatic N) is 4. The van der Waals surface area contributed by atoms with Crippen molar-refractivity contribution in [1.29, 1.82) is 0 Å². The molecule has 0 fully saturated rings. The van der Waals surface area contributed by atoms with E-state index in [4.69, 9.17) is 0 Å².